The first-order valence-electron chi connectivity index (χ1n) is 5.14. The Balaban J connectivity index is 2.05. The lowest BCUT2D eigenvalue weighted by molar-refractivity contribution is 0.627. The maximum atomic E-state index is 5.84. The number of hydrogen-bond donors (Lipinski definition) is 2. The zero-order valence-electron chi connectivity index (χ0n) is 8.54. The summed E-state index contributed by atoms with van der Waals surface area (Å²) >= 11 is 5.83. The molecule has 2 nitrogen and oxygen atoms in total. The van der Waals surface area contributed by atoms with Crippen molar-refractivity contribution in [3.8, 4) is 0 Å². The van der Waals surface area contributed by atoms with Crippen LogP contribution in [0.15, 0.2) is 35.9 Å². The lowest BCUT2D eigenvalue weighted by Crippen LogP contribution is -2.38. The van der Waals surface area contributed by atoms with Gasteiger partial charge in [-0.3, -0.25) is 0 Å². The van der Waals surface area contributed by atoms with Crippen LogP contribution in [0.2, 0.25) is 5.02 Å². The first-order chi connectivity index (χ1) is 7.24. The fourth-order valence-electron chi connectivity index (χ4n) is 1.81. The van der Waals surface area contributed by atoms with Crippen molar-refractivity contribution in [3.05, 3.63) is 46.5 Å². The van der Waals surface area contributed by atoms with E-state index in [-0.39, 0.29) is 6.04 Å². The summed E-state index contributed by atoms with van der Waals surface area (Å²) < 4.78 is 0. The van der Waals surface area contributed by atoms with Gasteiger partial charge in [0.05, 0.1) is 0 Å². The summed E-state index contributed by atoms with van der Waals surface area (Å²) in [5.74, 6) is 0. The third-order valence-corrected chi connectivity index (χ3v) is 2.78. The van der Waals surface area contributed by atoms with E-state index in [1.165, 1.54) is 11.1 Å². The van der Waals surface area contributed by atoms with E-state index in [2.05, 4.69) is 23.5 Å². The molecule has 0 amide bonds. The minimum absolute atomic E-state index is 0.154. The van der Waals surface area contributed by atoms with E-state index in [4.69, 9.17) is 17.3 Å². The highest BCUT2D eigenvalue weighted by Crippen LogP contribution is 2.14. The Morgan fingerprint density at radius 3 is 2.73 bits per heavy atom. The molecule has 0 fully saturated rings. The number of rotatable bonds is 2. The maximum Gasteiger partial charge on any atom is 0.0406 e. The van der Waals surface area contributed by atoms with Crippen molar-refractivity contribution in [2.24, 2.45) is 5.73 Å². The van der Waals surface area contributed by atoms with E-state index in [0.29, 0.717) is 0 Å². The van der Waals surface area contributed by atoms with Crippen LogP contribution in [0.4, 0.5) is 0 Å². The van der Waals surface area contributed by atoms with Gasteiger partial charge < -0.3 is 11.1 Å². The normalized spacial score (nSPS) is 21.2. The van der Waals surface area contributed by atoms with Crippen LogP contribution in [0.5, 0.6) is 0 Å². The number of halogens is 1. The molecule has 3 N–H and O–H groups in total. The van der Waals surface area contributed by atoms with Crippen molar-refractivity contribution < 1.29 is 0 Å². The average molecular weight is 223 g/mol. The summed E-state index contributed by atoms with van der Waals surface area (Å²) in [6, 6.07) is 8.12. The van der Waals surface area contributed by atoms with E-state index < -0.39 is 0 Å². The van der Waals surface area contributed by atoms with Gasteiger partial charge in [0.2, 0.25) is 0 Å². The Bertz CT molecular complexity index is 356. The van der Waals surface area contributed by atoms with Crippen LogP contribution in [0, 0.1) is 0 Å². The smallest absolute Gasteiger partial charge is 0.0406 e. The highest BCUT2D eigenvalue weighted by atomic mass is 35.5. The third-order valence-electron chi connectivity index (χ3n) is 2.53. The van der Waals surface area contributed by atoms with Crippen LogP contribution in [-0.2, 0) is 6.42 Å². The predicted molar refractivity (Wildman–Crippen MR) is 64.1 cm³/mol. The number of hydrogen-bond acceptors (Lipinski definition) is 2. The Labute approximate surface area is 95.1 Å². The second-order valence-electron chi connectivity index (χ2n) is 3.92. The van der Waals surface area contributed by atoms with E-state index in [1.807, 2.05) is 12.1 Å². The second-order valence-corrected chi connectivity index (χ2v) is 4.36. The Morgan fingerprint density at radius 2 is 2.07 bits per heavy atom. The lowest BCUT2D eigenvalue weighted by Gasteiger charge is -2.19. The van der Waals surface area contributed by atoms with Gasteiger partial charge in [0.15, 0.2) is 0 Å². The molecule has 0 radical (unpaired) electrons. The summed E-state index contributed by atoms with van der Waals surface area (Å²) in [6.45, 7) is 1.82. The molecule has 1 unspecified atom stereocenters. The quantitative estimate of drug-likeness (QED) is 0.749. The molecule has 1 aliphatic rings. The molecule has 3 heteroatoms. The Kier molecular flexibility index (Phi) is 3.41. The fourth-order valence-corrected chi connectivity index (χ4v) is 1.93. The average Bonchev–Trinajstić information content (AvgIpc) is 2.22. The molecule has 1 aromatic rings. The van der Waals surface area contributed by atoms with Gasteiger partial charge in [0, 0.05) is 24.2 Å². The zero-order chi connectivity index (χ0) is 10.7. The molecule has 0 saturated carbocycles. The van der Waals surface area contributed by atoms with E-state index in [0.717, 1.165) is 24.5 Å². The van der Waals surface area contributed by atoms with Crippen molar-refractivity contribution in [1.82, 2.24) is 5.32 Å². The standard InChI is InChI=1S/C12H15ClN2/c13-11-3-1-9(2-4-11)5-10-6-12(14)8-15-7-10/h1-4,6,12,15H,5,7-8,14H2. The summed E-state index contributed by atoms with van der Waals surface area (Å²) in [7, 11) is 0. The van der Waals surface area contributed by atoms with E-state index in [9.17, 15) is 0 Å². The highest BCUT2D eigenvalue weighted by molar-refractivity contribution is 6.30. The van der Waals surface area contributed by atoms with Crippen molar-refractivity contribution >= 4 is 11.6 Å². The van der Waals surface area contributed by atoms with Gasteiger partial charge in [-0.15, -0.1) is 0 Å². The van der Waals surface area contributed by atoms with Crippen molar-refractivity contribution in [1.29, 1.82) is 0 Å². The molecular weight excluding hydrogens is 208 g/mol. The van der Waals surface area contributed by atoms with Crippen molar-refractivity contribution in [3.63, 3.8) is 0 Å². The minimum atomic E-state index is 0.154. The second kappa shape index (κ2) is 4.79. The van der Waals surface area contributed by atoms with Crippen molar-refractivity contribution in [2.45, 2.75) is 12.5 Å². The molecule has 0 spiro atoms. The summed E-state index contributed by atoms with van der Waals surface area (Å²) in [5.41, 5.74) is 8.48. The largest absolute Gasteiger partial charge is 0.323 e. The van der Waals surface area contributed by atoms with Crippen LogP contribution < -0.4 is 11.1 Å². The molecule has 80 valence electrons. The molecule has 1 atom stereocenters. The van der Waals surface area contributed by atoms with Gasteiger partial charge in [0.1, 0.15) is 0 Å². The van der Waals surface area contributed by atoms with Crippen LogP contribution in [0.25, 0.3) is 0 Å². The molecule has 2 rings (SSSR count). The van der Waals surface area contributed by atoms with Crippen LogP contribution >= 0.6 is 11.6 Å². The molecule has 0 aliphatic carbocycles. The minimum Gasteiger partial charge on any atom is -0.323 e. The molecule has 0 saturated heterocycles. The van der Waals surface area contributed by atoms with Gasteiger partial charge in [-0.1, -0.05) is 35.4 Å². The molecule has 1 aliphatic heterocycles. The summed E-state index contributed by atoms with van der Waals surface area (Å²) in [4.78, 5) is 0. The van der Waals surface area contributed by atoms with Gasteiger partial charge in [0.25, 0.3) is 0 Å². The monoisotopic (exact) mass is 222 g/mol. The molecule has 0 bridgehead atoms. The lowest BCUT2D eigenvalue weighted by atomic mass is 10.0. The third kappa shape index (κ3) is 3.06. The van der Waals surface area contributed by atoms with Gasteiger partial charge in [-0.25, -0.2) is 0 Å². The van der Waals surface area contributed by atoms with Gasteiger partial charge in [-0.05, 0) is 24.1 Å². The molecule has 1 aromatic carbocycles. The number of nitrogens with two attached hydrogens (primary N) is 1. The predicted octanol–water partition coefficient (Wildman–Crippen LogP) is 1.74. The number of nitrogens with one attached hydrogen (secondary N) is 1. The van der Waals surface area contributed by atoms with Crippen LogP contribution in [0.1, 0.15) is 5.56 Å². The Hall–Kier alpha value is -0.830. The molecule has 1 heterocycles. The number of benzene rings is 1. The summed E-state index contributed by atoms with van der Waals surface area (Å²) in [6.07, 6.45) is 3.11. The first-order valence-corrected chi connectivity index (χ1v) is 5.52. The van der Waals surface area contributed by atoms with Gasteiger partial charge in [-0.2, -0.15) is 0 Å². The van der Waals surface area contributed by atoms with Crippen LogP contribution in [-0.4, -0.2) is 19.1 Å². The van der Waals surface area contributed by atoms with Gasteiger partial charge >= 0.3 is 0 Å². The molecular formula is C12H15ClN2. The maximum absolute atomic E-state index is 5.84. The highest BCUT2D eigenvalue weighted by Gasteiger charge is 2.09. The van der Waals surface area contributed by atoms with Crippen LogP contribution in [0.3, 0.4) is 0 Å². The molecule has 0 aromatic heterocycles. The fraction of sp³-hybridized carbons (Fsp3) is 0.333. The molecule has 15 heavy (non-hydrogen) atoms. The SMILES string of the molecule is NC1C=C(Cc2ccc(Cl)cc2)CNC1. The van der Waals surface area contributed by atoms with E-state index >= 15 is 0 Å². The summed E-state index contributed by atoms with van der Waals surface area (Å²) in [5, 5.41) is 4.08. The van der Waals surface area contributed by atoms with E-state index in [1.54, 1.807) is 0 Å². The first kappa shape index (κ1) is 10.7. The topological polar surface area (TPSA) is 38.0 Å². The Morgan fingerprint density at radius 1 is 1.33 bits per heavy atom. The zero-order valence-corrected chi connectivity index (χ0v) is 9.30. The van der Waals surface area contributed by atoms with Crippen molar-refractivity contribution in [2.75, 3.05) is 13.1 Å².